The molecule has 0 saturated heterocycles. The Hall–Kier alpha value is -3.26. The molecule has 0 aliphatic carbocycles. The highest BCUT2D eigenvalue weighted by molar-refractivity contribution is 6.31. The fraction of sp³-hybridized carbons (Fsp3) is 0.167. The van der Waals surface area contributed by atoms with E-state index < -0.39 is 0 Å². The van der Waals surface area contributed by atoms with Crippen LogP contribution in [-0.2, 0) is 7.05 Å². The summed E-state index contributed by atoms with van der Waals surface area (Å²) in [6.07, 6.45) is 4.30. The van der Waals surface area contributed by atoms with Crippen LogP contribution in [0.1, 0.15) is 10.5 Å². The normalized spacial score (nSPS) is 11.3. The number of amides is 1. The lowest BCUT2D eigenvalue weighted by Gasteiger charge is -2.13. The fourth-order valence-electron chi connectivity index (χ4n) is 3.13. The van der Waals surface area contributed by atoms with Crippen molar-refractivity contribution in [3.63, 3.8) is 0 Å². The molecule has 0 N–H and O–H groups in total. The molecule has 9 heteroatoms. The molecule has 0 saturated carbocycles. The topological polar surface area (TPSA) is 85.9 Å². The van der Waals surface area contributed by atoms with Crippen molar-refractivity contribution in [1.29, 1.82) is 0 Å². The number of carbonyl (C=O) groups is 1. The van der Waals surface area contributed by atoms with Gasteiger partial charge >= 0.3 is 0 Å². The van der Waals surface area contributed by atoms with Gasteiger partial charge in [0.2, 0.25) is 0 Å². The summed E-state index contributed by atoms with van der Waals surface area (Å²) in [6, 6.07) is 5.28. The largest absolute Gasteiger partial charge is 0.343 e. The molecule has 0 fully saturated rings. The summed E-state index contributed by atoms with van der Waals surface area (Å²) >= 11 is 6.13. The lowest BCUT2D eigenvalue weighted by Crippen LogP contribution is -2.30. The summed E-state index contributed by atoms with van der Waals surface area (Å²) in [5.74, 6) is -0.312. The van der Waals surface area contributed by atoms with Crippen LogP contribution in [0.2, 0.25) is 5.02 Å². The van der Waals surface area contributed by atoms with E-state index in [1.807, 2.05) is 0 Å². The first kappa shape index (κ1) is 17.2. The first-order valence-corrected chi connectivity index (χ1v) is 8.46. The predicted octanol–water partition coefficient (Wildman–Crippen LogP) is 2.02. The van der Waals surface area contributed by atoms with E-state index in [0.29, 0.717) is 21.6 Å². The third-order valence-electron chi connectivity index (χ3n) is 4.39. The van der Waals surface area contributed by atoms with Crippen molar-refractivity contribution in [2.45, 2.75) is 0 Å². The smallest absolute Gasteiger partial charge is 0.296 e. The van der Waals surface area contributed by atoms with Crippen LogP contribution in [0.25, 0.3) is 27.5 Å². The number of fused-ring (bicyclic) bond motifs is 3. The van der Waals surface area contributed by atoms with Crippen LogP contribution in [0.5, 0.6) is 0 Å². The van der Waals surface area contributed by atoms with Crippen molar-refractivity contribution >= 4 is 39.3 Å². The van der Waals surface area contributed by atoms with Crippen molar-refractivity contribution in [1.82, 2.24) is 29.2 Å². The number of aryl methyl sites for hydroxylation is 1. The fourth-order valence-corrected chi connectivity index (χ4v) is 3.30. The third-order valence-corrected chi connectivity index (χ3v) is 4.63. The van der Waals surface area contributed by atoms with Gasteiger partial charge in [0, 0.05) is 36.9 Å². The van der Waals surface area contributed by atoms with E-state index in [1.165, 1.54) is 23.6 Å². The molecule has 0 aliphatic heterocycles. The van der Waals surface area contributed by atoms with Gasteiger partial charge in [-0.25, -0.2) is 9.97 Å². The summed E-state index contributed by atoms with van der Waals surface area (Å²) in [6.45, 7) is 0. The Morgan fingerprint density at radius 1 is 1.19 bits per heavy atom. The predicted molar refractivity (Wildman–Crippen MR) is 102 cm³/mol. The van der Waals surface area contributed by atoms with Crippen molar-refractivity contribution in [2.24, 2.45) is 7.05 Å². The zero-order valence-electron chi connectivity index (χ0n) is 14.8. The van der Waals surface area contributed by atoms with Gasteiger partial charge in [-0.15, -0.1) is 0 Å². The van der Waals surface area contributed by atoms with Crippen molar-refractivity contribution < 1.29 is 4.79 Å². The Labute approximate surface area is 158 Å². The van der Waals surface area contributed by atoms with E-state index in [-0.39, 0.29) is 17.2 Å². The lowest BCUT2D eigenvalue weighted by atomic mass is 10.1. The average Bonchev–Trinajstić information content (AvgIpc) is 2.95. The molecule has 0 unspecified atom stereocenters. The quantitative estimate of drug-likeness (QED) is 0.529. The number of nitrogens with zero attached hydrogens (tertiary/aromatic N) is 6. The van der Waals surface area contributed by atoms with Crippen LogP contribution < -0.4 is 5.56 Å². The molecule has 3 aromatic heterocycles. The van der Waals surface area contributed by atoms with E-state index in [4.69, 9.17) is 11.6 Å². The Morgan fingerprint density at radius 2 is 1.89 bits per heavy atom. The molecule has 4 aromatic rings. The van der Waals surface area contributed by atoms with Crippen LogP contribution in [0.4, 0.5) is 0 Å². The SMILES string of the molecule is CN(C)C(=O)c1nn(-c2cncnc2)c(=O)c2c1c1ccc(Cl)cc1n2C. The molecule has 1 aromatic carbocycles. The highest BCUT2D eigenvalue weighted by atomic mass is 35.5. The number of rotatable bonds is 2. The van der Waals surface area contributed by atoms with Gasteiger partial charge in [-0.2, -0.15) is 9.78 Å². The molecule has 136 valence electrons. The van der Waals surface area contributed by atoms with E-state index >= 15 is 0 Å². The number of hydrogen-bond donors (Lipinski definition) is 0. The van der Waals surface area contributed by atoms with E-state index in [2.05, 4.69) is 15.1 Å². The minimum Gasteiger partial charge on any atom is -0.343 e. The first-order chi connectivity index (χ1) is 12.9. The average molecular weight is 383 g/mol. The maximum absolute atomic E-state index is 13.2. The minimum absolute atomic E-state index is 0.173. The Morgan fingerprint density at radius 3 is 2.56 bits per heavy atom. The second kappa shape index (κ2) is 6.17. The van der Waals surface area contributed by atoms with Crippen LogP contribution in [-0.4, -0.2) is 49.2 Å². The molecule has 0 atom stereocenters. The van der Waals surface area contributed by atoms with Gasteiger partial charge in [0.1, 0.15) is 17.5 Å². The van der Waals surface area contributed by atoms with Crippen LogP contribution in [0.3, 0.4) is 0 Å². The molecule has 0 radical (unpaired) electrons. The second-order valence-electron chi connectivity index (χ2n) is 6.31. The Kier molecular flexibility index (Phi) is 3.92. The molecular weight excluding hydrogens is 368 g/mol. The van der Waals surface area contributed by atoms with Crippen LogP contribution >= 0.6 is 11.6 Å². The minimum atomic E-state index is -0.370. The number of aromatic nitrogens is 5. The van der Waals surface area contributed by atoms with E-state index in [1.54, 1.807) is 43.9 Å². The van der Waals surface area contributed by atoms with Crippen molar-refractivity contribution in [2.75, 3.05) is 14.1 Å². The highest BCUT2D eigenvalue weighted by Gasteiger charge is 2.24. The number of hydrogen-bond acceptors (Lipinski definition) is 5. The van der Waals surface area contributed by atoms with Gasteiger partial charge in [-0.3, -0.25) is 9.59 Å². The van der Waals surface area contributed by atoms with Crippen LogP contribution in [0.15, 0.2) is 41.7 Å². The summed E-state index contributed by atoms with van der Waals surface area (Å²) in [5, 5.41) is 6.14. The Balaban J connectivity index is 2.23. The van der Waals surface area contributed by atoms with Gasteiger partial charge in [0.05, 0.1) is 17.9 Å². The Bertz CT molecular complexity index is 1260. The molecule has 8 nitrogen and oxygen atoms in total. The maximum atomic E-state index is 13.2. The molecule has 4 rings (SSSR count). The van der Waals surface area contributed by atoms with Crippen molar-refractivity contribution in [3.05, 3.63) is 58.0 Å². The molecule has 0 aliphatic rings. The molecular formula is C18H15ClN6O2. The molecule has 3 heterocycles. The molecule has 1 amide bonds. The summed E-state index contributed by atoms with van der Waals surface area (Å²) in [7, 11) is 5.04. The summed E-state index contributed by atoms with van der Waals surface area (Å²) in [4.78, 5) is 35.4. The second-order valence-corrected chi connectivity index (χ2v) is 6.74. The third kappa shape index (κ3) is 2.57. The summed E-state index contributed by atoms with van der Waals surface area (Å²) in [5.41, 5.74) is 1.28. The number of benzene rings is 1. The standard InChI is InChI=1S/C18H15ClN6O2/c1-23(2)17(26)15-14-12-5-4-10(19)6-13(12)24(3)16(14)18(27)25(22-15)11-7-20-9-21-8-11/h4-9H,1-3H3. The highest BCUT2D eigenvalue weighted by Crippen LogP contribution is 2.30. The zero-order valence-corrected chi connectivity index (χ0v) is 15.6. The van der Waals surface area contributed by atoms with Gasteiger partial charge in [0.15, 0.2) is 5.69 Å². The number of halogens is 1. The molecule has 27 heavy (non-hydrogen) atoms. The van der Waals surface area contributed by atoms with E-state index in [9.17, 15) is 9.59 Å². The van der Waals surface area contributed by atoms with Gasteiger partial charge in [-0.05, 0) is 12.1 Å². The summed E-state index contributed by atoms with van der Waals surface area (Å²) < 4.78 is 2.88. The molecule has 0 bridgehead atoms. The van der Waals surface area contributed by atoms with Crippen molar-refractivity contribution in [3.8, 4) is 5.69 Å². The maximum Gasteiger partial charge on any atom is 0.296 e. The molecule has 0 spiro atoms. The van der Waals surface area contributed by atoms with E-state index in [0.717, 1.165) is 15.6 Å². The van der Waals surface area contributed by atoms with Crippen LogP contribution in [0, 0.1) is 0 Å². The van der Waals surface area contributed by atoms with Gasteiger partial charge in [0.25, 0.3) is 11.5 Å². The number of carbonyl (C=O) groups excluding carboxylic acids is 1. The van der Waals surface area contributed by atoms with Gasteiger partial charge < -0.3 is 9.47 Å². The zero-order chi connectivity index (χ0) is 19.3. The monoisotopic (exact) mass is 382 g/mol. The lowest BCUT2D eigenvalue weighted by molar-refractivity contribution is 0.0822. The van der Waals surface area contributed by atoms with Gasteiger partial charge in [-0.1, -0.05) is 17.7 Å². The first-order valence-electron chi connectivity index (χ1n) is 8.08.